The zero-order valence-corrected chi connectivity index (χ0v) is 10.8. The van der Waals surface area contributed by atoms with Crippen LogP contribution in [-0.2, 0) is 0 Å². The number of nitro groups is 1. The molecule has 6 heteroatoms. The molecule has 0 spiro atoms. The van der Waals surface area contributed by atoms with Gasteiger partial charge in [-0.15, -0.1) is 0 Å². The molecule has 0 aliphatic carbocycles. The Morgan fingerprint density at radius 1 is 1.39 bits per heavy atom. The summed E-state index contributed by atoms with van der Waals surface area (Å²) in [5.41, 5.74) is 0.865. The van der Waals surface area contributed by atoms with Gasteiger partial charge in [0.1, 0.15) is 11.4 Å². The second-order valence-electron chi connectivity index (χ2n) is 4.39. The Morgan fingerprint density at radius 3 is 2.44 bits per heavy atom. The number of rotatable bonds is 6. The van der Waals surface area contributed by atoms with E-state index in [0.29, 0.717) is 11.4 Å². The standard InChI is InChI=1S/C12H19N3O3/c1-8(2)11(7-16)14-10-6-4-5-9(13-3)12(10)15(17)18/h4-6,8,11,13-14,16H,7H2,1-3H3/t11-/m1/s1. The maximum atomic E-state index is 11.1. The molecule has 0 bridgehead atoms. The Morgan fingerprint density at radius 2 is 2.00 bits per heavy atom. The number of nitro benzene ring substituents is 1. The predicted molar refractivity (Wildman–Crippen MR) is 72.0 cm³/mol. The summed E-state index contributed by atoms with van der Waals surface area (Å²) in [6, 6.07) is 4.81. The molecule has 1 rings (SSSR count). The second kappa shape index (κ2) is 6.20. The Balaban J connectivity index is 3.12. The number of anilines is 2. The molecule has 0 aliphatic rings. The quantitative estimate of drug-likeness (QED) is 0.533. The van der Waals surface area contributed by atoms with Gasteiger partial charge in [0.15, 0.2) is 0 Å². The van der Waals surface area contributed by atoms with E-state index in [2.05, 4.69) is 10.6 Å². The number of para-hydroxylation sites is 1. The van der Waals surface area contributed by atoms with Crippen molar-refractivity contribution in [1.29, 1.82) is 0 Å². The minimum absolute atomic E-state index is 0.000833. The highest BCUT2D eigenvalue weighted by Gasteiger charge is 2.22. The van der Waals surface area contributed by atoms with Gasteiger partial charge in [-0.3, -0.25) is 10.1 Å². The van der Waals surface area contributed by atoms with Gasteiger partial charge in [0, 0.05) is 7.05 Å². The van der Waals surface area contributed by atoms with Gasteiger partial charge in [-0.05, 0) is 18.1 Å². The number of nitrogens with zero attached hydrogens (tertiary/aromatic N) is 1. The lowest BCUT2D eigenvalue weighted by Gasteiger charge is -2.21. The van der Waals surface area contributed by atoms with E-state index in [9.17, 15) is 15.2 Å². The maximum Gasteiger partial charge on any atom is 0.315 e. The lowest BCUT2D eigenvalue weighted by Crippen LogP contribution is -2.29. The van der Waals surface area contributed by atoms with Crippen molar-refractivity contribution in [2.45, 2.75) is 19.9 Å². The summed E-state index contributed by atoms with van der Waals surface area (Å²) in [5.74, 6) is 0.174. The average Bonchev–Trinajstić information content (AvgIpc) is 2.34. The van der Waals surface area contributed by atoms with Crippen LogP contribution in [0.3, 0.4) is 0 Å². The maximum absolute atomic E-state index is 11.1. The summed E-state index contributed by atoms with van der Waals surface area (Å²) in [4.78, 5) is 10.7. The van der Waals surface area contributed by atoms with Crippen molar-refractivity contribution in [3.63, 3.8) is 0 Å². The van der Waals surface area contributed by atoms with E-state index in [1.165, 1.54) is 0 Å². The molecule has 0 amide bonds. The molecule has 0 fully saturated rings. The lowest BCUT2D eigenvalue weighted by molar-refractivity contribution is -0.383. The van der Waals surface area contributed by atoms with E-state index >= 15 is 0 Å². The van der Waals surface area contributed by atoms with Gasteiger partial charge in [0.25, 0.3) is 0 Å². The van der Waals surface area contributed by atoms with E-state index in [1.54, 1.807) is 25.2 Å². The molecule has 0 saturated heterocycles. The molecule has 100 valence electrons. The smallest absolute Gasteiger partial charge is 0.315 e. The van der Waals surface area contributed by atoms with Crippen LogP contribution in [0.25, 0.3) is 0 Å². The molecule has 0 radical (unpaired) electrons. The molecule has 3 N–H and O–H groups in total. The van der Waals surface area contributed by atoms with Crippen molar-refractivity contribution in [3.05, 3.63) is 28.3 Å². The van der Waals surface area contributed by atoms with Gasteiger partial charge in [-0.2, -0.15) is 0 Å². The first kappa shape index (κ1) is 14.2. The van der Waals surface area contributed by atoms with Crippen molar-refractivity contribution in [2.75, 3.05) is 24.3 Å². The van der Waals surface area contributed by atoms with E-state index in [-0.39, 0.29) is 24.3 Å². The highest BCUT2D eigenvalue weighted by Crippen LogP contribution is 2.33. The molecule has 0 aliphatic heterocycles. The molecule has 0 aromatic heterocycles. The third kappa shape index (κ3) is 3.10. The number of hydrogen-bond donors (Lipinski definition) is 3. The summed E-state index contributed by atoms with van der Waals surface area (Å²) < 4.78 is 0. The van der Waals surface area contributed by atoms with E-state index in [1.807, 2.05) is 13.8 Å². The topological polar surface area (TPSA) is 87.4 Å². The van der Waals surface area contributed by atoms with Crippen molar-refractivity contribution < 1.29 is 10.0 Å². The number of nitrogens with one attached hydrogen (secondary N) is 2. The first-order valence-corrected chi connectivity index (χ1v) is 5.83. The monoisotopic (exact) mass is 253 g/mol. The van der Waals surface area contributed by atoms with Gasteiger partial charge in [-0.25, -0.2) is 0 Å². The summed E-state index contributed by atoms with van der Waals surface area (Å²) >= 11 is 0. The highest BCUT2D eigenvalue weighted by molar-refractivity contribution is 5.76. The van der Waals surface area contributed by atoms with Crippen molar-refractivity contribution in [1.82, 2.24) is 0 Å². The van der Waals surface area contributed by atoms with Crippen molar-refractivity contribution in [2.24, 2.45) is 5.92 Å². The third-order valence-electron chi connectivity index (χ3n) is 2.83. The Labute approximate surface area is 106 Å². The number of aliphatic hydroxyl groups excluding tert-OH is 1. The molecular weight excluding hydrogens is 234 g/mol. The Hall–Kier alpha value is -1.82. The van der Waals surface area contributed by atoms with Crippen LogP contribution in [0.1, 0.15) is 13.8 Å². The summed E-state index contributed by atoms with van der Waals surface area (Å²) in [5, 5.41) is 26.2. The summed E-state index contributed by atoms with van der Waals surface area (Å²) in [6.07, 6.45) is 0. The van der Waals surface area contributed by atoms with Crippen LogP contribution in [0, 0.1) is 16.0 Å². The molecule has 0 saturated carbocycles. The average molecular weight is 253 g/mol. The van der Waals surface area contributed by atoms with Crippen LogP contribution in [-0.4, -0.2) is 29.7 Å². The van der Waals surface area contributed by atoms with Crippen molar-refractivity contribution >= 4 is 17.1 Å². The molecule has 18 heavy (non-hydrogen) atoms. The molecule has 1 atom stereocenters. The zero-order valence-electron chi connectivity index (χ0n) is 10.8. The lowest BCUT2D eigenvalue weighted by atomic mass is 10.0. The minimum Gasteiger partial charge on any atom is -0.394 e. The number of aliphatic hydroxyl groups is 1. The van der Waals surface area contributed by atoms with Gasteiger partial charge in [-0.1, -0.05) is 19.9 Å². The number of hydrogen-bond acceptors (Lipinski definition) is 5. The van der Waals surface area contributed by atoms with Gasteiger partial charge >= 0.3 is 5.69 Å². The number of benzene rings is 1. The van der Waals surface area contributed by atoms with Crippen LogP contribution >= 0.6 is 0 Å². The molecule has 0 heterocycles. The third-order valence-corrected chi connectivity index (χ3v) is 2.83. The van der Waals surface area contributed by atoms with Gasteiger partial charge in [0.2, 0.25) is 0 Å². The normalized spacial score (nSPS) is 12.3. The Kier molecular flexibility index (Phi) is 4.91. The van der Waals surface area contributed by atoms with E-state index in [4.69, 9.17) is 0 Å². The molecule has 1 aromatic carbocycles. The zero-order chi connectivity index (χ0) is 13.7. The van der Waals surface area contributed by atoms with Gasteiger partial charge in [0.05, 0.1) is 17.6 Å². The van der Waals surface area contributed by atoms with Crippen LogP contribution in [0.4, 0.5) is 17.1 Å². The van der Waals surface area contributed by atoms with E-state index in [0.717, 1.165) is 0 Å². The van der Waals surface area contributed by atoms with Crippen LogP contribution in [0.15, 0.2) is 18.2 Å². The van der Waals surface area contributed by atoms with Crippen LogP contribution in [0.2, 0.25) is 0 Å². The fourth-order valence-corrected chi connectivity index (χ4v) is 1.68. The van der Waals surface area contributed by atoms with E-state index < -0.39 is 4.92 Å². The van der Waals surface area contributed by atoms with Gasteiger partial charge < -0.3 is 15.7 Å². The Bertz CT molecular complexity index is 421. The first-order chi connectivity index (χ1) is 8.51. The first-order valence-electron chi connectivity index (χ1n) is 5.83. The molecular formula is C12H19N3O3. The molecule has 6 nitrogen and oxygen atoms in total. The summed E-state index contributed by atoms with van der Waals surface area (Å²) in [7, 11) is 1.64. The summed E-state index contributed by atoms with van der Waals surface area (Å²) in [6.45, 7) is 3.82. The second-order valence-corrected chi connectivity index (χ2v) is 4.39. The predicted octanol–water partition coefficient (Wildman–Crippen LogP) is 2.07. The molecule has 1 aromatic rings. The minimum atomic E-state index is -0.428. The fraction of sp³-hybridized carbons (Fsp3) is 0.500. The SMILES string of the molecule is CNc1cccc(N[C@H](CO)C(C)C)c1[N+](=O)[O-]. The molecule has 0 unspecified atom stereocenters. The largest absolute Gasteiger partial charge is 0.394 e. The van der Waals surface area contributed by atoms with Crippen LogP contribution < -0.4 is 10.6 Å². The van der Waals surface area contributed by atoms with Crippen molar-refractivity contribution in [3.8, 4) is 0 Å². The highest BCUT2D eigenvalue weighted by atomic mass is 16.6. The fourth-order valence-electron chi connectivity index (χ4n) is 1.68. The van der Waals surface area contributed by atoms with Crippen LogP contribution in [0.5, 0.6) is 0 Å².